The lowest BCUT2D eigenvalue weighted by molar-refractivity contribution is -0.119. The molecule has 5 nitrogen and oxygen atoms in total. The molecule has 3 N–H and O–H groups in total. The summed E-state index contributed by atoms with van der Waals surface area (Å²) in [6, 6.07) is -0.333. The minimum atomic E-state index is -0.670. The van der Waals surface area contributed by atoms with E-state index in [1.165, 1.54) is 7.41 Å². The smallest absolute Gasteiger partial charge is 0.279 e. The number of hydrogen-bond acceptors (Lipinski definition) is 4. The van der Waals surface area contributed by atoms with Gasteiger partial charge in [-0.3, -0.25) is 4.79 Å². The van der Waals surface area contributed by atoms with Gasteiger partial charge in [0.05, 0.1) is 18.7 Å². The molecule has 6 heteroatoms. The van der Waals surface area contributed by atoms with Crippen LogP contribution in [0, 0.1) is 0 Å². The molecule has 1 aliphatic rings. The lowest BCUT2D eigenvalue weighted by Crippen LogP contribution is -2.36. The minimum absolute atomic E-state index is 0.106. The molecule has 1 radical (unpaired) electrons. The summed E-state index contributed by atoms with van der Waals surface area (Å²) in [4.78, 5) is 11.2. The topological polar surface area (TPSA) is 78.8 Å². The van der Waals surface area contributed by atoms with Gasteiger partial charge in [-0.25, -0.2) is 0 Å². The van der Waals surface area contributed by atoms with E-state index in [-0.39, 0.29) is 18.5 Å². The van der Waals surface area contributed by atoms with E-state index in [1.807, 2.05) is 0 Å². The van der Waals surface area contributed by atoms with Crippen LogP contribution in [-0.2, 0) is 9.53 Å². The van der Waals surface area contributed by atoms with Gasteiger partial charge in [-0.15, -0.1) is 6.58 Å². The van der Waals surface area contributed by atoms with Crippen LogP contribution < -0.4 is 5.23 Å². The third-order valence-corrected chi connectivity index (χ3v) is 2.44. The van der Waals surface area contributed by atoms with Gasteiger partial charge < -0.3 is 20.2 Å². The first-order valence-electron chi connectivity index (χ1n) is 5.35. The predicted octanol–water partition coefficient (Wildman–Crippen LogP) is -0.844. The van der Waals surface area contributed by atoms with Crippen molar-refractivity contribution < 1.29 is 19.7 Å². The van der Waals surface area contributed by atoms with Crippen molar-refractivity contribution >= 4 is 13.3 Å². The molecule has 89 valence electrons. The molecule has 0 saturated carbocycles. The third-order valence-electron chi connectivity index (χ3n) is 2.44. The largest absolute Gasteiger partial charge is 0.401 e. The molecule has 0 aromatic carbocycles. The van der Waals surface area contributed by atoms with Gasteiger partial charge in [0.15, 0.2) is 0 Å². The Bertz CT molecular complexity index is 249. The Morgan fingerprint density at radius 2 is 2.44 bits per heavy atom. The van der Waals surface area contributed by atoms with E-state index >= 15 is 0 Å². The van der Waals surface area contributed by atoms with Crippen molar-refractivity contribution in [1.29, 1.82) is 0 Å². The second-order valence-corrected chi connectivity index (χ2v) is 3.76. The Morgan fingerprint density at radius 3 is 3.00 bits per heavy atom. The van der Waals surface area contributed by atoms with Crippen molar-refractivity contribution in [3.05, 3.63) is 12.7 Å². The van der Waals surface area contributed by atoms with E-state index in [1.54, 1.807) is 6.08 Å². The maximum absolute atomic E-state index is 11.2. The fourth-order valence-corrected chi connectivity index (χ4v) is 1.52. The zero-order valence-corrected chi connectivity index (χ0v) is 9.13. The molecule has 16 heavy (non-hydrogen) atoms. The number of aliphatic hydroxyl groups is 2. The summed E-state index contributed by atoms with van der Waals surface area (Å²) in [5.41, 5.74) is 0. The van der Waals surface area contributed by atoms with E-state index in [9.17, 15) is 9.90 Å². The molecule has 1 unspecified atom stereocenters. The summed E-state index contributed by atoms with van der Waals surface area (Å²) in [5, 5.41) is 20.9. The second-order valence-electron chi connectivity index (χ2n) is 3.76. The second kappa shape index (κ2) is 6.68. The Kier molecular flexibility index (Phi) is 5.52. The SMILES string of the molecule is C=CCCC(=O)N[B][C@H]1CC(O)[C@@H](CO)O1. The summed E-state index contributed by atoms with van der Waals surface area (Å²) < 4.78 is 5.29. The van der Waals surface area contributed by atoms with Crippen LogP contribution in [0.5, 0.6) is 0 Å². The molecule has 0 bridgehead atoms. The molecule has 0 spiro atoms. The fraction of sp³-hybridized carbons (Fsp3) is 0.700. The lowest BCUT2D eigenvalue weighted by atomic mass is 9.82. The maximum atomic E-state index is 11.2. The van der Waals surface area contributed by atoms with E-state index < -0.39 is 12.2 Å². The van der Waals surface area contributed by atoms with Crippen molar-refractivity contribution in [2.45, 2.75) is 37.5 Å². The summed E-state index contributed by atoms with van der Waals surface area (Å²) in [6.07, 6.45) is 1.87. The predicted molar refractivity (Wildman–Crippen MR) is 59.7 cm³/mol. The quantitative estimate of drug-likeness (QED) is 0.407. The number of rotatable bonds is 6. The van der Waals surface area contributed by atoms with Crippen molar-refractivity contribution in [2.24, 2.45) is 0 Å². The molecule has 1 heterocycles. The van der Waals surface area contributed by atoms with Gasteiger partial charge in [0.25, 0.3) is 7.41 Å². The molecular formula is C10H17BNO4. The van der Waals surface area contributed by atoms with Gasteiger partial charge in [-0.1, -0.05) is 6.08 Å². The highest BCUT2D eigenvalue weighted by Crippen LogP contribution is 2.18. The summed E-state index contributed by atoms with van der Waals surface area (Å²) >= 11 is 0. The van der Waals surface area contributed by atoms with E-state index in [4.69, 9.17) is 9.84 Å². The molecular weight excluding hydrogens is 209 g/mol. The molecule has 0 aromatic rings. The van der Waals surface area contributed by atoms with Crippen molar-refractivity contribution in [3.8, 4) is 0 Å². The zero-order chi connectivity index (χ0) is 12.0. The molecule has 1 aliphatic heterocycles. The van der Waals surface area contributed by atoms with Crippen LogP contribution in [0.3, 0.4) is 0 Å². The molecule has 1 saturated heterocycles. The molecule has 3 atom stereocenters. The number of carbonyl (C=O) groups is 1. The molecule has 0 aliphatic carbocycles. The van der Waals surface area contributed by atoms with Crippen LogP contribution in [0.1, 0.15) is 19.3 Å². The number of hydrogen-bond donors (Lipinski definition) is 3. The van der Waals surface area contributed by atoms with Crippen LogP contribution in [0.25, 0.3) is 0 Å². The number of amides is 1. The number of ether oxygens (including phenoxy) is 1. The number of carbonyl (C=O) groups excluding carboxylic acids is 1. The molecule has 1 amide bonds. The highest BCUT2D eigenvalue weighted by molar-refractivity contribution is 6.38. The molecule has 1 fully saturated rings. The minimum Gasteiger partial charge on any atom is -0.401 e. The van der Waals surface area contributed by atoms with Gasteiger partial charge in [-0.05, 0) is 12.8 Å². The fourth-order valence-electron chi connectivity index (χ4n) is 1.52. The van der Waals surface area contributed by atoms with Crippen LogP contribution in [0.4, 0.5) is 0 Å². The van der Waals surface area contributed by atoms with E-state index in [2.05, 4.69) is 11.8 Å². The van der Waals surface area contributed by atoms with Gasteiger partial charge in [0.1, 0.15) is 6.10 Å². The van der Waals surface area contributed by atoms with Crippen LogP contribution in [0.2, 0.25) is 0 Å². The van der Waals surface area contributed by atoms with Crippen molar-refractivity contribution in [1.82, 2.24) is 5.23 Å². The average molecular weight is 226 g/mol. The number of allylic oxidation sites excluding steroid dienone is 1. The number of aliphatic hydroxyl groups excluding tert-OH is 2. The van der Waals surface area contributed by atoms with Crippen LogP contribution in [0.15, 0.2) is 12.7 Å². The van der Waals surface area contributed by atoms with Crippen molar-refractivity contribution in [3.63, 3.8) is 0 Å². The van der Waals surface area contributed by atoms with Crippen LogP contribution in [-0.4, -0.2) is 48.4 Å². The van der Waals surface area contributed by atoms with Gasteiger partial charge in [-0.2, -0.15) is 0 Å². The molecule has 0 aromatic heterocycles. The summed E-state index contributed by atoms with van der Waals surface area (Å²) in [5.74, 6) is -0.106. The van der Waals surface area contributed by atoms with Gasteiger partial charge >= 0.3 is 0 Å². The Morgan fingerprint density at radius 1 is 1.69 bits per heavy atom. The summed E-state index contributed by atoms with van der Waals surface area (Å²) in [6.45, 7) is 3.31. The first kappa shape index (κ1) is 13.2. The van der Waals surface area contributed by atoms with Crippen molar-refractivity contribution in [2.75, 3.05) is 6.61 Å². The first-order chi connectivity index (χ1) is 7.67. The Balaban J connectivity index is 2.19. The Hall–Kier alpha value is -0.845. The van der Waals surface area contributed by atoms with Gasteiger partial charge in [0, 0.05) is 6.42 Å². The summed E-state index contributed by atoms with van der Waals surface area (Å²) in [7, 11) is 1.52. The number of nitrogens with one attached hydrogen (secondary N) is 1. The highest BCUT2D eigenvalue weighted by Gasteiger charge is 2.33. The third kappa shape index (κ3) is 3.96. The zero-order valence-electron chi connectivity index (χ0n) is 9.13. The highest BCUT2D eigenvalue weighted by atomic mass is 16.5. The normalized spacial score (nSPS) is 28.8. The molecule has 1 rings (SSSR count). The Labute approximate surface area is 95.8 Å². The monoisotopic (exact) mass is 226 g/mol. The first-order valence-corrected chi connectivity index (χ1v) is 5.35. The van der Waals surface area contributed by atoms with Gasteiger partial charge in [0.2, 0.25) is 5.91 Å². The lowest BCUT2D eigenvalue weighted by Gasteiger charge is -2.11. The average Bonchev–Trinajstić information content (AvgIpc) is 2.64. The van der Waals surface area contributed by atoms with E-state index in [0.717, 1.165) is 0 Å². The standard InChI is InChI=1S/C10H17BNO4/c1-2-3-4-10(15)12-11-9-5-7(14)8(6-13)16-9/h2,7-9,13-14H,1,3-6H2,(H,12,15)/t7?,8-,9-/m1/s1. The maximum Gasteiger partial charge on any atom is 0.279 e. The van der Waals surface area contributed by atoms with Crippen LogP contribution >= 0.6 is 0 Å². The van der Waals surface area contributed by atoms with E-state index in [0.29, 0.717) is 19.3 Å².